The highest BCUT2D eigenvalue weighted by molar-refractivity contribution is 7.87. The molecule has 228 valence electrons. The number of nitrogens with zero attached hydrogens (tertiary/aromatic N) is 1. The van der Waals surface area contributed by atoms with Gasteiger partial charge in [-0.25, -0.2) is 0 Å². The predicted octanol–water partition coefficient (Wildman–Crippen LogP) is 4.44. The molecule has 8 nitrogen and oxygen atoms in total. The number of aliphatic hydroxyl groups excluding tert-OH is 1. The van der Waals surface area contributed by atoms with E-state index in [-0.39, 0.29) is 43.1 Å². The molecule has 0 saturated heterocycles. The van der Waals surface area contributed by atoms with Gasteiger partial charge < -0.3 is 24.5 Å². The van der Waals surface area contributed by atoms with Crippen LogP contribution in [0.25, 0.3) is 10.9 Å². The third-order valence-electron chi connectivity index (χ3n) is 7.48. The quantitative estimate of drug-likeness (QED) is 0.228. The van der Waals surface area contributed by atoms with Gasteiger partial charge >= 0.3 is 16.3 Å². The van der Waals surface area contributed by atoms with E-state index >= 15 is 0 Å². The topological polar surface area (TPSA) is 110 Å². The van der Waals surface area contributed by atoms with Gasteiger partial charge in [0.15, 0.2) is 5.75 Å². The number of aromatic nitrogens is 1. The fourth-order valence-electron chi connectivity index (χ4n) is 5.28. The van der Waals surface area contributed by atoms with E-state index in [1.165, 1.54) is 12.1 Å². The van der Waals surface area contributed by atoms with Crippen LogP contribution in [0, 0.1) is 0 Å². The molecule has 0 radical (unpaired) electrons. The molecule has 3 N–H and O–H groups in total. The molecule has 3 aromatic carbocycles. The van der Waals surface area contributed by atoms with Gasteiger partial charge in [0, 0.05) is 36.8 Å². The van der Waals surface area contributed by atoms with Crippen LogP contribution in [-0.4, -0.2) is 48.4 Å². The normalized spacial score (nSPS) is 15.8. The maximum atomic E-state index is 13.6. The largest absolute Gasteiger partial charge is 0.416 e. The van der Waals surface area contributed by atoms with Crippen molar-refractivity contribution in [3.8, 4) is 5.75 Å². The lowest BCUT2D eigenvalue weighted by molar-refractivity contribution is -0.137. The molecule has 0 unspecified atom stereocenters. The molecule has 1 aromatic heterocycles. The van der Waals surface area contributed by atoms with Gasteiger partial charge in [0.1, 0.15) is 5.75 Å². The van der Waals surface area contributed by atoms with E-state index in [9.17, 15) is 31.5 Å². The van der Waals surface area contributed by atoms with Crippen LogP contribution < -0.4 is 14.8 Å². The Balaban J connectivity index is 1.37. The van der Waals surface area contributed by atoms with Gasteiger partial charge in [-0.2, -0.15) is 21.6 Å². The van der Waals surface area contributed by atoms with Crippen molar-refractivity contribution in [1.82, 2.24) is 15.2 Å². The monoisotopic (exact) mass is 615 g/mol. The maximum Gasteiger partial charge on any atom is 0.416 e. The third-order valence-corrected chi connectivity index (χ3v) is 8.59. The second-order valence-electron chi connectivity index (χ2n) is 10.6. The highest BCUT2D eigenvalue weighted by Crippen LogP contribution is 2.35. The summed E-state index contributed by atoms with van der Waals surface area (Å²) >= 11 is 0. The first kappa shape index (κ1) is 30.6. The van der Waals surface area contributed by atoms with Crippen LogP contribution in [0.3, 0.4) is 0 Å². The molecule has 0 spiro atoms. The van der Waals surface area contributed by atoms with Crippen molar-refractivity contribution in [2.75, 3.05) is 12.3 Å². The molecule has 0 bridgehead atoms. The molecular weight excluding hydrogens is 583 g/mol. The molecule has 1 aliphatic heterocycles. The molecule has 0 saturated carbocycles. The summed E-state index contributed by atoms with van der Waals surface area (Å²) < 4.78 is 71.3. The Morgan fingerprint density at radius 1 is 1.07 bits per heavy atom. The number of hydrogen-bond acceptors (Lipinski definition) is 6. The van der Waals surface area contributed by atoms with Gasteiger partial charge in [-0.15, -0.1) is 0 Å². The Morgan fingerprint density at radius 2 is 1.81 bits per heavy atom. The van der Waals surface area contributed by atoms with Crippen LogP contribution in [0.2, 0.25) is 0 Å². The summed E-state index contributed by atoms with van der Waals surface area (Å²) in [5.41, 5.74) is 2.22. The van der Waals surface area contributed by atoms with Crippen molar-refractivity contribution < 1.29 is 35.7 Å². The molecule has 1 aliphatic rings. The number of carbonyl (C=O) groups is 1. The fraction of sp³-hybridized carbons (Fsp3) is 0.323. The number of aryl methyl sites for hydroxylation is 2. The summed E-state index contributed by atoms with van der Waals surface area (Å²) in [5, 5.41) is 17.7. The highest BCUT2D eigenvalue weighted by atomic mass is 32.2. The molecule has 0 aliphatic carbocycles. The zero-order valence-electron chi connectivity index (χ0n) is 23.4. The van der Waals surface area contributed by atoms with Crippen LogP contribution in [0.4, 0.5) is 13.2 Å². The second kappa shape index (κ2) is 12.4. The van der Waals surface area contributed by atoms with E-state index in [4.69, 9.17) is 4.18 Å². The smallest absolute Gasteiger partial charge is 0.390 e. The van der Waals surface area contributed by atoms with E-state index < -0.39 is 39.9 Å². The number of carbonyl (C=O) groups excluding carboxylic acids is 1. The first-order valence-corrected chi connectivity index (χ1v) is 15.5. The number of rotatable bonds is 10. The number of alkyl halides is 3. The Hall–Kier alpha value is -3.87. The van der Waals surface area contributed by atoms with Crippen LogP contribution in [0.1, 0.15) is 39.5 Å². The van der Waals surface area contributed by atoms with Gasteiger partial charge in [0.05, 0.1) is 23.2 Å². The van der Waals surface area contributed by atoms with E-state index in [0.717, 1.165) is 23.3 Å². The summed E-state index contributed by atoms with van der Waals surface area (Å²) in [6, 6.07) is 16.5. The van der Waals surface area contributed by atoms with Gasteiger partial charge in [0.25, 0.3) is 5.91 Å². The van der Waals surface area contributed by atoms with Crippen LogP contribution in [0.5, 0.6) is 5.75 Å². The fourth-order valence-corrected chi connectivity index (χ4v) is 6.18. The summed E-state index contributed by atoms with van der Waals surface area (Å²) in [6.07, 6.45) is -2.76. The van der Waals surface area contributed by atoms with Crippen molar-refractivity contribution in [2.45, 2.75) is 51.2 Å². The Morgan fingerprint density at radius 3 is 2.53 bits per heavy atom. The second-order valence-corrected chi connectivity index (χ2v) is 12.3. The number of aliphatic hydroxyl groups is 1. The molecule has 1 amide bonds. The van der Waals surface area contributed by atoms with Crippen molar-refractivity contribution in [3.63, 3.8) is 0 Å². The predicted molar refractivity (Wildman–Crippen MR) is 156 cm³/mol. The molecule has 2 heterocycles. The SMILES string of the molecule is CCc1cn2c3c(cc(C(=O)N[C@@H](Cc4ccccc4)[C@H](O)CNCc4cccc(C(F)(F)F)c4)cc13)OS(=O)(=O)CC2. The molecular formula is C31H32F3N3O5S. The zero-order valence-corrected chi connectivity index (χ0v) is 24.2. The Labute approximate surface area is 247 Å². The van der Waals surface area contributed by atoms with E-state index in [0.29, 0.717) is 22.9 Å². The van der Waals surface area contributed by atoms with Gasteiger partial charge in [-0.1, -0.05) is 55.5 Å². The van der Waals surface area contributed by atoms with Crippen molar-refractivity contribution in [3.05, 3.63) is 101 Å². The van der Waals surface area contributed by atoms with Crippen molar-refractivity contribution in [2.24, 2.45) is 0 Å². The van der Waals surface area contributed by atoms with Gasteiger partial charge in [0.2, 0.25) is 0 Å². The highest BCUT2D eigenvalue weighted by Gasteiger charge is 2.31. The average molecular weight is 616 g/mol. The summed E-state index contributed by atoms with van der Waals surface area (Å²) in [5.74, 6) is -0.659. The number of halogens is 3. The van der Waals surface area contributed by atoms with Crippen molar-refractivity contribution in [1.29, 1.82) is 0 Å². The Bertz CT molecular complexity index is 1720. The zero-order chi connectivity index (χ0) is 30.8. The molecule has 43 heavy (non-hydrogen) atoms. The van der Waals surface area contributed by atoms with Gasteiger partial charge in [-0.05, 0) is 47.7 Å². The van der Waals surface area contributed by atoms with Gasteiger partial charge in [-0.3, -0.25) is 4.79 Å². The minimum absolute atomic E-state index is 0.0114. The standard InChI is InChI=1S/C31H32F3N3O5S/c1-2-22-19-37-11-12-43(40,41)42-28-16-23(15-25(22)29(28)37)30(39)36-26(14-20-7-4-3-5-8-20)27(38)18-35-17-21-9-6-10-24(13-21)31(32,33)34/h3-10,13,15-16,19,26-27,35,38H,2,11-12,14,17-18H2,1H3,(H,36,39)/t26-,27+/m0/s1. The van der Waals surface area contributed by atoms with Crippen LogP contribution in [0.15, 0.2) is 72.9 Å². The van der Waals surface area contributed by atoms with E-state index in [1.807, 2.05) is 48.0 Å². The average Bonchev–Trinajstić information content (AvgIpc) is 3.27. The number of hydrogen-bond donors (Lipinski definition) is 3. The molecule has 5 rings (SSSR count). The van der Waals surface area contributed by atoms with E-state index in [2.05, 4.69) is 10.6 Å². The lowest BCUT2D eigenvalue weighted by Crippen LogP contribution is -2.48. The summed E-state index contributed by atoms with van der Waals surface area (Å²) in [4.78, 5) is 13.6. The minimum Gasteiger partial charge on any atom is -0.390 e. The number of amides is 1. The molecule has 4 aromatic rings. The number of nitrogens with one attached hydrogen (secondary N) is 2. The minimum atomic E-state index is -4.46. The first-order chi connectivity index (χ1) is 20.4. The maximum absolute atomic E-state index is 13.6. The summed E-state index contributed by atoms with van der Waals surface area (Å²) in [6.45, 7) is 2.27. The Kier molecular flexibility index (Phi) is 8.81. The first-order valence-electron chi connectivity index (χ1n) is 13.9. The van der Waals surface area contributed by atoms with E-state index in [1.54, 1.807) is 12.1 Å². The number of benzene rings is 3. The lowest BCUT2D eigenvalue weighted by Gasteiger charge is -2.25. The lowest BCUT2D eigenvalue weighted by atomic mass is 10.00. The van der Waals surface area contributed by atoms with Crippen molar-refractivity contribution >= 4 is 26.9 Å². The van der Waals surface area contributed by atoms with Crippen LogP contribution >= 0.6 is 0 Å². The van der Waals surface area contributed by atoms with Crippen LogP contribution in [-0.2, 0) is 42.2 Å². The third kappa shape index (κ3) is 7.20. The molecule has 12 heteroatoms. The molecule has 0 fully saturated rings. The molecule has 2 atom stereocenters. The summed E-state index contributed by atoms with van der Waals surface area (Å²) in [7, 11) is -3.85.